The first kappa shape index (κ1) is 24.0. The Morgan fingerprint density at radius 1 is 0.895 bits per heavy atom. The van der Waals surface area contributed by atoms with E-state index in [-0.39, 0.29) is 11.6 Å². The van der Waals surface area contributed by atoms with E-state index in [4.69, 9.17) is 39.8 Å². The van der Waals surface area contributed by atoms with Gasteiger partial charge in [-0.2, -0.15) is 0 Å². The van der Waals surface area contributed by atoms with E-state index >= 15 is 0 Å². The summed E-state index contributed by atoms with van der Waals surface area (Å²) in [5.41, 5.74) is 4.88. The molecule has 9 heteroatoms. The molecule has 38 heavy (non-hydrogen) atoms. The van der Waals surface area contributed by atoms with Gasteiger partial charge in [-0.1, -0.05) is 53.0 Å². The zero-order valence-corrected chi connectivity index (χ0v) is 22.6. The summed E-state index contributed by atoms with van der Waals surface area (Å²) in [5.74, 6) is 1.08. The number of imidazole rings is 1. The molecule has 3 aromatic carbocycles. The Morgan fingerprint density at radius 2 is 1.68 bits per heavy atom. The van der Waals surface area contributed by atoms with E-state index in [1.54, 1.807) is 18.2 Å². The molecule has 3 aliphatic heterocycles. The zero-order valence-electron chi connectivity index (χ0n) is 20.3. The maximum atomic E-state index is 13.6. The normalized spacial score (nSPS) is 20.9. The maximum Gasteiger partial charge on any atom is 0.261 e. The van der Waals surface area contributed by atoms with Crippen molar-refractivity contribution < 1.29 is 0 Å². The van der Waals surface area contributed by atoms with Crippen molar-refractivity contribution in [1.29, 1.82) is 0 Å². The van der Waals surface area contributed by atoms with Crippen LogP contribution in [-0.2, 0) is 0 Å². The molecule has 0 unspecified atom stereocenters. The summed E-state index contributed by atoms with van der Waals surface area (Å²) in [6.07, 6.45) is 2.30. The molecule has 0 aliphatic carbocycles. The number of hydrogen-bond donors (Lipinski definition) is 3. The van der Waals surface area contributed by atoms with E-state index in [2.05, 4.69) is 20.2 Å². The van der Waals surface area contributed by atoms with Crippen LogP contribution >= 0.6 is 34.8 Å². The molecule has 0 radical (unpaired) electrons. The average molecular weight is 565 g/mol. The van der Waals surface area contributed by atoms with Crippen LogP contribution < -0.4 is 10.9 Å². The number of rotatable bonds is 4. The number of para-hydroxylation sites is 2. The highest BCUT2D eigenvalue weighted by Gasteiger charge is 2.35. The monoisotopic (exact) mass is 563 g/mol. The predicted octanol–water partition coefficient (Wildman–Crippen LogP) is 7.20. The van der Waals surface area contributed by atoms with Gasteiger partial charge in [-0.15, -0.1) is 0 Å². The lowest BCUT2D eigenvalue weighted by molar-refractivity contribution is 0.0976. The maximum absolute atomic E-state index is 13.6. The highest BCUT2D eigenvalue weighted by atomic mass is 35.5. The van der Waals surface area contributed by atoms with Gasteiger partial charge >= 0.3 is 0 Å². The van der Waals surface area contributed by atoms with Crippen LogP contribution in [0.4, 0.5) is 5.69 Å². The van der Waals surface area contributed by atoms with Gasteiger partial charge in [0.15, 0.2) is 0 Å². The van der Waals surface area contributed by atoms with Gasteiger partial charge in [-0.25, -0.2) is 4.98 Å². The quantitative estimate of drug-likeness (QED) is 0.216. The number of halogens is 3. The van der Waals surface area contributed by atoms with Crippen molar-refractivity contribution in [2.45, 2.75) is 18.9 Å². The first-order chi connectivity index (χ1) is 18.4. The molecule has 5 heterocycles. The van der Waals surface area contributed by atoms with Crippen molar-refractivity contribution >= 4 is 62.4 Å². The van der Waals surface area contributed by atoms with E-state index in [1.807, 2.05) is 36.4 Å². The molecule has 3 N–H and O–H groups in total. The van der Waals surface area contributed by atoms with E-state index in [0.29, 0.717) is 37.9 Å². The lowest BCUT2D eigenvalue weighted by atomic mass is 9.83. The Labute approximate surface area is 233 Å². The second-order valence-corrected chi connectivity index (χ2v) is 11.4. The number of pyridine rings is 1. The average Bonchev–Trinajstić information content (AvgIpc) is 3.33. The van der Waals surface area contributed by atoms with Crippen LogP contribution in [0.3, 0.4) is 0 Å². The minimum Gasteiger partial charge on any atom is -0.379 e. The second kappa shape index (κ2) is 9.31. The van der Waals surface area contributed by atoms with Crippen molar-refractivity contribution in [2.24, 2.45) is 5.92 Å². The van der Waals surface area contributed by atoms with Crippen LogP contribution in [0, 0.1) is 5.92 Å². The molecule has 2 aromatic heterocycles. The lowest BCUT2D eigenvalue weighted by Gasteiger charge is -2.45. The van der Waals surface area contributed by atoms with Crippen molar-refractivity contribution in [3.63, 3.8) is 0 Å². The largest absolute Gasteiger partial charge is 0.379 e. The van der Waals surface area contributed by atoms with Gasteiger partial charge in [0, 0.05) is 39.1 Å². The number of nitrogens with one attached hydrogen (secondary N) is 3. The Balaban J connectivity index is 1.48. The first-order valence-electron chi connectivity index (χ1n) is 12.7. The highest BCUT2D eigenvalue weighted by molar-refractivity contribution is 6.38. The number of aromatic amines is 2. The highest BCUT2D eigenvalue weighted by Crippen LogP contribution is 2.41. The summed E-state index contributed by atoms with van der Waals surface area (Å²) < 4.78 is 0. The van der Waals surface area contributed by atoms with Crippen molar-refractivity contribution in [3.05, 3.63) is 80.0 Å². The van der Waals surface area contributed by atoms with Gasteiger partial charge in [0.05, 0.1) is 27.3 Å². The van der Waals surface area contributed by atoms with Gasteiger partial charge < -0.3 is 20.2 Å². The third-order valence-electron chi connectivity index (χ3n) is 7.94. The van der Waals surface area contributed by atoms with Crippen molar-refractivity contribution in [1.82, 2.24) is 19.9 Å². The number of anilines is 1. The molecule has 8 rings (SSSR count). The third kappa shape index (κ3) is 4.07. The number of H-pyrrole nitrogens is 2. The minimum absolute atomic E-state index is 0.226. The van der Waals surface area contributed by atoms with Crippen molar-refractivity contribution in [2.75, 3.05) is 25.0 Å². The molecule has 3 aliphatic rings. The Hall–Kier alpha value is -3.03. The van der Waals surface area contributed by atoms with Gasteiger partial charge in [0.25, 0.3) is 5.56 Å². The minimum atomic E-state index is -0.228. The van der Waals surface area contributed by atoms with Crippen LogP contribution in [0.25, 0.3) is 44.5 Å². The summed E-state index contributed by atoms with van der Waals surface area (Å²) in [5, 5.41) is 6.21. The summed E-state index contributed by atoms with van der Waals surface area (Å²) in [6, 6.07) is 17.2. The van der Waals surface area contributed by atoms with E-state index in [1.165, 1.54) is 0 Å². The topological polar surface area (TPSA) is 76.8 Å². The summed E-state index contributed by atoms with van der Waals surface area (Å²) >= 11 is 19.5. The van der Waals surface area contributed by atoms with E-state index in [0.717, 1.165) is 65.7 Å². The van der Waals surface area contributed by atoms with Crippen LogP contribution in [0.15, 0.2) is 59.4 Å². The summed E-state index contributed by atoms with van der Waals surface area (Å²) in [7, 11) is 0. The SMILES string of the molecule is O=c1[nH]c2cc(Cl)c(-c3ccc(Cl)cc3Cl)cc2c(N[C@H]2CN3CCC2CC3)c1-c1nc2ccccc2[nH]1. The molecule has 0 spiro atoms. The molecule has 2 bridgehead atoms. The molecule has 192 valence electrons. The zero-order chi connectivity index (χ0) is 26.0. The number of fused-ring (bicyclic) bond motifs is 5. The molecule has 1 atom stereocenters. The molecule has 3 fully saturated rings. The molecule has 6 nitrogen and oxygen atoms in total. The number of piperidine rings is 3. The van der Waals surface area contributed by atoms with E-state index < -0.39 is 0 Å². The second-order valence-electron chi connectivity index (χ2n) is 10.2. The molecule has 0 saturated carbocycles. The number of benzene rings is 3. The molecule has 0 amide bonds. The number of hydrogen-bond acceptors (Lipinski definition) is 4. The van der Waals surface area contributed by atoms with Gasteiger partial charge in [-0.3, -0.25) is 4.79 Å². The van der Waals surface area contributed by atoms with Gasteiger partial charge in [0.1, 0.15) is 11.4 Å². The van der Waals surface area contributed by atoms with Crippen LogP contribution in [0.2, 0.25) is 15.1 Å². The first-order valence-corrected chi connectivity index (χ1v) is 13.9. The molecular formula is C29H24Cl3N5O. The standard InChI is InChI=1S/C29H24Cl3N5O/c30-16-5-6-17(20(31)11-16)18-12-19-24(13-21(18)32)36-29(38)26(28-34-22-3-1-2-4-23(22)35-28)27(19)33-25-14-37-9-7-15(25)8-10-37/h1-6,11-13,15,25H,7-10,14H2,(H,34,35)(H2,33,36,38)/t25-/m0/s1. The van der Waals surface area contributed by atoms with Gasteiger partial charge in [-0.05, 0) is 68.2 Å². The Morgan fingerprint density at radius 3 is 2.42 bits per heavy atom. The van der Waals surface area contributed by atoms with Crippen molar-refractivity contribution in [3.8, 4) is 22.5 Å². The molecule has 5 aromatic rings. The lowest BCUT2D eigenvalue weighted by Crippen LogP contribution is -2.53. The fraction of sp³-hybridized carbons (Fsp3) is 0.241. The van der Waals surface area contributed by atoms with Gasteiger partial charge in [0.2, 0.25) is 0 Å². The molecule has 3 saturated heterocycles. The fourth-order valence-corrected chi connectivity index (χ4v) is 6.77. The van der Waals surface area contributed by atoms with E-state index in [9.17, 15) is 4.79 Å². The molecular weight excluding hydrogens is 541 g/mol. The summed E-state index contributed by atoms with van der Waals surface area (Å²) in [4.78, 5) is 27.3. The number of aromatic nitrogens is 3. The Kier molecular flexibility index (Phi) is 5.89. The number of nitrogens with zero attached hydrogens (tertiary/aromatic N) is 2. The Bertz CT molecular complexity index is 1740. The van der Waals surface area contributed by atoms with Crippen LogP contribution in [0.5, 0.6) is 0 Å². The van der Waals surface area contributed by atoms with Crippen LogP contribution in [-0.4, -0.2) is 45.5 Å². The smallest absolute Gasteiger partial charge is 0.261 e. The summed E-state index contributed by atoms with van der Waals surface area (Å²) in [6.45, 7) is 3.20. The van der Waals surface area contributed by atoms with Crippen LogP contribution in [0.1, 0.15) is 12.8 Å². The predicted molar refractivity (Wildman–Crippen MR) is 157 cm³/mol. The third-order valence-corrected chi connectivity index (χ3v) is 8.80. The fourth-order valence-electron chi connectivity index (χ4n) is 5.99.